The average Bonchev–Trinajstić information content (AvgIpc) is 2.92. The van der Waals surface area contributed by atoms with E-state index in [0.717, 1.165) is 28.9 Å². The first-order chi connectivity index (χ1) is 17.7. The molecule has 5 aromatic carbocycles. The topological polar surface area (TPSA) is 9.23 Å². The van der Waals surface area contributed by atoms with Gasteiger partial charge in [-0.05, 0) is 68.8 Å². The molecule has 36 heavy (non-hydrogen) atoms. The van der Waals surface area contributed by atoms with Crippen LogP contribution in [0.3, 0.4) is 0 Å². The summed E-state index contributed by atoms with van der Waals surface area (Å²) in [6, 6.07) is 38.9. The van der Waals surface area contributed by atoms with Gasteiger partial charge in [-0.15, -0.1) is 0 Å². The van der Waals surface area contributed by atoms with Crippen molar-refractivity contribution in [2.45, 2.75) is 13.3 Å². The van der Waals surface area contributed by atoms with E-state index < -0.39 is 0 Å². The third-order valence-electron chi connectivity index (χ3n) is 7.04. The molecular formula is C35H28O. The summed E-state index contributed by atoms with van der Waals surface area (Å²) in [6.45, 7) is 7.21. The minimum Gasteiger partial charge on any atom is -0.493 e. The van der Waals surface area contributed by atoms with Gasteiger partial charge in [0.1, 0.15) is 5.75 Å². The predicted molar refractivity (Wildman–Crippen MR) is 153 cm³/mol. The molecule has 0 radical (unpaired) electrons. The maximum absolute atomic E-state index is 6.24. The molecule has 1 heteroatoms. The second kappa shape index (κ2) is 9.36. The lowest BCUT2D eigenvalue weighted by atomic mass is 9.91. The molecule has 0 saturated heterocycles. The molecule has 0 unspecified atom stereocenters. The van der Waals surface area contributed by atoms with Crippen LogP contribution in [-0.2, 0) is 0 Å². The Kier molecular flexibility index (Phi) is 5.75. The standard InChI is InChI=1S/C35H28O/c1-24-10-12-26(13-11-24)27-14-16-28(17-15-27)30-18-19-35-34(23-30)25(2)22-31(20-21-36-35)33-9-5-7-29-6-3-4-8-32(29)33/h3-19,22-23H,2,20-21H2,1H3/b31-22+. The molecule has 0 aromatic heterocycles. The van der Waals surface area contributed by atoms with E-state index in [1.807, 2.05) is 0 Å². The highest BCUT2D eigenvalue weighted by Crippen LogP contribution is 2.37. The SMILES string of the molecule is C=C1/C=C(/c2cccc3ccccc23)CCOc2ccc(-c3ccc(-c4ccc(C)cc4)cc3)cc21. The number of benzene rings is 5. The summed E-state index contributed by atoms with van der Waals surface area (Å²) in [6.07, 6.45) is 3.09. The summed E-state index contributed by atoms with van der Waals surface area (Å²) >= 11 is 0. The molecule has 1 heterocycles. The van der Waals surface area contributed by atoms with Crippen LogP contribution in [0.4, 0.5) is 0 Å². The second-order valence-corrected chi connectivity index (χ2v) is 9.47. The van der Waals surface area contributed by atoms with Crippen LogP contribution in [0.1, 0.15) is 23.1 Å². The molecule has 5 aromatic rings. The number of ether oxygens (including phenoxy) is 1. The number of fused-ring (bicyclic) bond motifs is 2. The molecule has 0 spiro atoms. The van der Waals surface area contributed by atoms with Crippen LogP contribution in [0, 0.1) is 6.92 Å². The first kappa shape index (κ1) is 22.1. The Balaban J connectivity index is 1.34. The highest BCUT2D eigenvalue weighted by Gasteiger charge is 2.15. The fourth-order valence-electron chi connectivity index (χ4n) is 5.04. The zero-order valence-electron chi connectivity index (χ0n) is 20.5. The van der Waals surface area contributed by atoms with E-state index in [1.165, 1.54) is 44.2 Å². The molecular weight excluding hydrogens is 436 g/mol. The second-order valence-electron chi connectivity index (χ2n) is 9.47. The summed E-state index contributed by atoms with van der Waals surface area (Å²) in [4.78, 5) is 0. The maximum Gasteiger partial charge on any atom is 0.127 e. The molecule has 6 rings (SSSR count). The summed E-state index contributed by atoms with van der Waals surface area (Å²) in [5.74, 6) is 0.897. The number of rotatable bonds is 3. The van der Waals surface area contributed by atoms with Crippen molar-refractivity contribution in [3.8, 4) is 28.0 Å². The molecule has 0 atom stereocenters. The van der Waals surface area contributed by atoms with E-state index in [1.54, 1.807) is 0 Å². The first-order valence-electron chi connectivity index (χ1n) is 12.5. The highest BCUT2D eigenvalue weighted by atomic mass is 16.5. The number of hydrogen-bond donors (Lipinski definition) is 0. The van der Waals surface area contributed by atoms with Gasteiger partial charge >= 0.3 is 0 Å². The van der Waals surface area contributed by atoms with Crippen molar-refractivity contribution in [1.82, 2.24) is 0 Å². The van der Waals surface area contributed by atoms with E-state index in [0.29, 0.717) is 6.61 Å². The fourth-order valence-corrected chi connectivity index (χ4v) is 5.04. The van der Waals surface area contributed by atoms with Crippen molar-refractivity contribution in [2.75, 3.05) is 6.61 Å². The van der Waals surface area contributed by atoms with Gasteiger partial charge in [-0.2, -0.15) is 0 Å². The van der Waals surface area contributed by atoms with Crippen molar-refractivity contribution in [3.63, 3.8) is 0 Å². The van der Waals surface area contributed by atoms with Crippen LogP contribution >= 0.6 is 0 Å². The van der Waals surface area contributed by atoms with Gasteiger partial charge in [-0.3, -0.25) is 0 Å². The molecule has 0 bridgehead atoms. The largest absolute Gasteiger partial charge is 0.493 e. The molecule has 0 aliphatic carbocycles. The Morgan fingerprint density at radius 2 is 1.28 bits per heavy atom. The van der Waals surface area contributed by atoms with E-state index in [4.69, 9.17) is 4.74 Å². The van der Waals surface area contributed by atoms with E-state index in [9.17, 15) is 0 Å². The zero-order valence-corrected chi connectivity index (χ0v) is 20.5. The number of aryl methyl sites for hydroxylation is 1. The molecule has 174 valence electrons. The van der Waals surface area contributed by atoms with Crippen molar-refractivity contribution in [2.24, 2.45) is 0 Å². The predicted octanol–water partition coefficient (Wildman–Crippen LogP) is 9.36. The molecule has 1 nitrogen and oxygen atoms in total. The third-order valence-corrected chi connectivity index (χ3v) is 7.04. The van der Waals surface area contributed by atoms with Gasteiger partial charge in [0.25, 0.3) is 0 Å². The van der Waals surface area contributed by atoms with Gasteiger partial charge in [0.15, 0.2) is 0 Å². The summed E-state index contributed by atoms with van der Waals surface area (Å²) < 4.78 is 6.24. The molecule has 0 amide bonds. The summed E-state index contributed by atoms with van der Waals surface area (Å²) in [5, 5.41) is 2.52. The summed E-state index contributed by atoms with van der Waals surface area (Å²) in [5.41, 5.74) is 10.6. The van der Waals surface area contributed by atoms with Gasteiger partial charge in [-0.25, -0.2) is 0 Å². The van der Waals surface area contributed by atoms with E-state index in [2.05, 4.69) is 129 Å². The first-order valence-corrected chi connectivity index (χ1v) is 12.5. The van der Waals surface area contributed by atoms with E-state index in [-0.39, 0.29) is 0 Å². The number of allylic oxidation sites excluding steroid dienone is 2. The average molecular weight is 465 g/mol. The van der Waals surface area contributed by atoms with Gasteiger partial charge in [-0.1, -0.05) is 115 Å². The van der Waals surface area contributed by atoms with Crippen LogP contribution in [0.25, 0.3) is 44.2 Å². The van der Waals surface area contributed by atoms with Crippen molar-refractivity contribution < 1.29 is 4.74 Å². The Morgan fingerprint density at radius 3 is 2.06 bits per heavy atom. The molecule has 0 N–H and O–H groups in total. The van der Waals surface area contributed by atoms with E-state index >= 15 is 0 Å². The van der Waals surface area contributed by atoms with Gasteiger partial charge in [0.05, 0.1) is 6.61 Å². The van der Waals surface area contributed by atoms with Crippen molar-refractivity contribution in [1.29, 1.82) is 0 Å². The Labute approximate surface area is 213 Å². The van der Waals surface area contributed by atoms with Gasteiger partial charge < -0.3 is 4.74 Å². The summed E-state index contributed by atoms with van der Waals surface area (Å²) in [7, 11) is 0. The normalized spacial score (nSPS) is 14.8. The van der Waals surface area contributed by atoms with Gasteiger partial charge in [0.2, 0.25) is 0 Å². The van der Waals surface area contributed by atoms with Crippen LogP contribution in [0.2, 0.25) is 0 Å². The maximum atomic E-state index is 6.24. The van der Waals surface area contributed by atoms with Crippen LogP contribution in [0.15, 0.2) is 122 Å². The van der Waals surface area contributed by atoms with Crippen molar-refractivity contribution >= 4 is 21.9 Å². The monoisotopic (exact) mass is 464 g/mol. The quantitative estimate of drug-likeness (QED) is 0.258. The van der Waals surface area contributed by atoms with Crippen molar-refractivity contribution in [3.05, 3.63) is 139 Å². The Bertz CT molecular complexity index is 1600. The smallest absolute Gasteiger partial charge is 0.127 e. The molecule has 0 saturated carbocycles. The fraction of sp³-hybridized carbons (Fsp3) is 0.0857. The van der Waals surface area contributed by atoms with Crippen LogP contribution in [-0.4, -0.2) is 6.61 Å². The lowest BCUT2D eigenvalue weighted by Crippen LogP contribution is -2.04. The minimum atomic E-state index is 0.639. The van der Waals surface area contributed by atoms with Crippen LogP contribution < -0.4 is 4.74 Å². The Hall–Kier alpha value is -4.36. The highest BCUT2D eigenvalue weighted by molar-refractivity contribution is 5.97. The molecule has 1 aliphatic rings. The zero-order chi connectivity index (χ0) is 24.5. The molecule has 1 aliphatic heterocycles. The number of hydrogen-bond acceptors (Lipinski definition) is 1. The Morgan fingerprint density at radius 1 is 0.639 bits per heavy atom. The minimum absolute atomic E-state index is 0.639. The molecule has 0 fully saturated rings. The third kappa shape index (κ3) is 4.25. The van der Waals surface area contributed by atoms with Crippen LogP contribution in [0.5, 0.6) is 5.75 Å². The lowest BCUT2D eigenvalue weighted by molar-refractivity contribution is 0.325. The van der Waals surface area contributed by atoms with Gasteiger partial charge in [0, 0.05) is 12.0 Å². The lowest BCUT2D eigenvalue weighted by Gasteiger charge is -2.20.